The number of nitrogens with zero attached hydrogens (tertiary/aromatic N) is 4. The summed E-state index contributed by atoms with van der Waals surface area (Å²) in [6.45, 7) is 5.65. The molecule has 6 nitrogen and oxygen atoms in total. The van der Waals surface area contributed by atoms with E-state index >= 15 is 0 Å². The molecule has 2 fully saturated rings. The van der Waals surface area contributed by atoms with E-state index in [1.54, 1.807) is 0 Å². The van der Waals surface area contributed by atoms with Crippen LogP contribution >= 0.6 is 24.8 Å². The molecule has 1 aliphatic carbocycles. The maximum atomic E-state index is 5.47. The Morgan fingerprint density at radius 3 is 2.33 bits per heavy atom. The lowest BCUT2D eigenvalue weighted by molar-refractivity contribution is 0.0916. The lowest BCUT2D eigenvalue weighted by Crippen LogP contribution is -2.49. The zero-order valence-electron chi connectivity index (χ0n) is 12.2. The third kappa shape index (κ3) is 4.79. The molecule has 0 atom stereocenters. The van der Waals surface area contributed by atoms with Crippen molar-refractivity contribution >= 4 is 24.8 Å². The Kier molecular flexibility index (Phi) is 7.90. The van der Waals surface area contributed by atoms with Crippen molar-refractivity contribution in [3.8, 4) is 0 Å². The Labute approximate surface area is 138 Å². The first-order valence-corrected chi connectivity index (χ1v) is 7.33. The van der Waals surface area contributed by atoms with Gasteiger partial charge < -0.3 is 10.3 Å². The van der Waals surface area contributed by atoms with E-state index in [9.17, 15) is 0 Å². The summed E-state index contributed by atoms with van der Waals surface area (Å²) < 4.78 is 5.03. The average Bonchev–Trinajstić information content (AvgIpc) is 3.10. The van der Waals surface area contributed by atoms with Gasteiger partial charge in [0.25, 0.3) is 0 Å². The van der Waals surface area contributed by atoms with E-state index in [-0.39, 0.29) is 24.8 Å². The fraction of sp³-hybridized carbons (Fsp3) is 0.846. The van der Waals surface area contributed by atoms with Gasteiger partial charge in [0.15, 0.2) is 5.82 Å². The molecule has 1 saturated carbocycles. The molecule has 1 saturated heterocycles. The fourth-order valence-electron chi connectivity index (χ4n) is 3.19. The third-order valence-electron chi connectivity index (χ3n) is 4.30. The van der Waals surface area contributed by atoms with E-state index in [0.29, 0.717) is 12.4 Å². The van der Waals surface area contributed by atoms with Crippen LogP contribution in [0.5, 0.6) is 0 Å². The minimum atomic E-state index is 0. The van der Waals surface area contributed by atoms with Crippen molar-refractivity contribution in [3.63, 3.8) is 0 Å². The van der Waals surface area contributed by atoms with Crippen molar-refractivity contribution in [2.24, 2.45) is 5.73 Å². The molecule has 1 aliphatic heterocycles. The molecule has 0 radical (unpaired) electrons. The normalized spacial score (nSPS) is 21.0. The minimum Gasteiger partial charge on any atom is -0.338 e. The van der Waals surface area contributed by atoms with Crippen molar-refractivity contribution < 1.29 is 4.52 Å². The van der Waals surface area contributed by atoms with Crippen LogP contribution in [-0.4, -0.2) is 52.2 Å². The molecular formula is C13H25Cl2N5O. The van der Waals surface area contributed by atoms with Gasteiger partial charge in [-0.2, -0.15) is 4.98 Å². The first-order valence-electron chi connectivity index (χ1n) is 7.33. The first kappa shape index (κ1) is 18.6. The number of nitrogens with two attached hydrogens (primary N) is 1. The maximum absolute atomic E-state index is 5.47. The van der Waals surface area contributed by atoms with Crippen LogP contribution in [0.1, 0.15) is 37.4 Å². The summed E-state index contributed by atoms with van der Waals surface area (Å²) in [5.74, 6) is 1.29. The van der Waals surface area contributed by atoms with E-state index < -0.39 is 0 Å². The second-order valence-corrected chi connectivity index (χ2v) is 5.56. The topological polar surface area (TPSA) is 71.4 Å². The molecule has 0 spiro atoms. The predicted molar refractivity (Wildman–Crippen MR) is 85.8 cm³/mol. The molecule has 0 amide bonds. The molecule has 21 heavy (non-hydrogen) atoms. The Morgan fingerprint density at radius 2 is 1.76 bits per heavy atom. The SMILES string of the molecule is Cl.Cl.NCc1nc(CN2CCN(C3CCCC3)CC2)no1. The zero-order chi connectivity index (χ0) is 13.1. The molecule has 1 aromatic heterocycles. The minimum absolute atomic E-state index is 0. The summed E-state index contributed by atoms with van der Waals surface area (Å²) >= 11 is 0. The smallest absolute Gasteiger partial charge is 0.240 e. The average molecular weight is 338 g/mol. The lowest BCUT2D eigenvalue weighted by atomic mass is 10.2. The first-order chi connectivity index (χ1) is 9.35. The molecule has 0 aromatic carbocycles. The quantitative estimate of drug-likeness (QED) is 0.896. The number of piperazine rings is 1. The molecule has 1 aromatic rings. The number of rotatable bonds is 4. The Bertz CT molecular complexity index is 403. The summed E-state index contributed by atoms with van der Waals surface area (Å²) in [6.07, 6.45) is 5.61. The summed E-state index contributed by atoms with van der Waals surface area (Å²) in [6, 6.07) is 0.844. The lowest BCUT2D eigenvalue weighted by Gasteiger charge is -2.37. The molecule has 2 heterocycles. The van der Waals surface area contributed by atoms with Gasteiger partial charge in [0.05, 0.1) is 13.1 Å². The highest BCUT2D eigenvalue weighted by molar-refractivity contribution is 5.85. The predicted octanol–water partition coefficient (Wildman–Crippen LogP) is 1.43. The van der Waals surface area contributed by atoms with E-state index in [2.05, 4.69) is 19.9 Å². The van der Waals surface area contributed by atoms with Crippen molar-refractivity contribution in [3.05, 3.63) is 11.7 Å². The summed E-state index contributed by atoms with van der Waals surface area (Å²) in [7, 11) is 0. The van der Waals surface area contributed by atoms with Crippen LogP contribution in [0.3, 0.4) is 0 Å². The number of hydrogen-bond donors (Lipinski definition) is 1. The molecular weight excluding hydrogens is 313 g/mol. The molecule has 2 N–H and O–H groups in total. The number of hydrogen-bond acceptors (Lipinski definition) is 6. The van der Waals surface area contributed by atoms with Gasteiger partial charge in [0, 0.05) is 32.2 Å². The molecule has 0 bridgehead atoms. The van der Waals surface area contributed by atoms with Crippen molar-refractivity contribution in [2.45, 2.75) is 44.8 Å². The van der Waals surface area contributed by atoms with Crippen molar-refractivity contribution in [1.82, 2.24) is 19.9 Å². The number of halogens is 2. The van der Waals surface area contributed by atoms with Crippen LogP contribution in [0.4, 0.5) is 0 Å². The molecule has 0 unspecified atom stereocenters. The molecule has 3 rings (SSSR count). The molecule has 8 heteroatoms. The van der Waals surface area contributed by atoms with Crippen LogP contribution < -0.4 is 5.73 Å². The third-order valence-corrected chi connectivity index (χ3v) is 4.30. The second-order valence-electron chi connectivity index (χ2n) is 5.56. The monoisotopic (exact) mass is 337 g/mol. The Morgan fingerprint density at radius 1 is 1.10 bits per heavy atom. The maximum Gasteiger partial charge on any atom is 0.240 e. The van der Waals surface area contributed by atoms with Gasteiger partial charge >= 0.3 is 0 Å². The van der Waals surface area contributed by atoms with Gasteiger partial charge in [-0.3, -0.25) is 9.80 Å². The fourth-order valence-corrected chi connectivity index (χ4v) is 3.19. The largest absolute Gasteiger partial charge is 0.338 e. The highest BCUT2D eigenvalue weighted by atomic mass is 35.5. The van der Waals surface area contributed by atoms with E-state index in [0.717, 1.165) is 31.5 Å². The highest BCUT2D eigenvalue weighted by Crippen LogP contribution is 2.24. The van der Waals surface area contributed by atoms with Crippen LogP contribution in [-0.2, 0) is 13.1 Å². The van der Waals surface area contributed by atoms with Crippen molar-refractivity contribution in [2.75, 3.05) is 26.2 Å². The Balaban J connectivity index is 0.00000110. The van der Waals surface area contributed by atoms with E-state index in [1.165, 1.54) is 38.8 Å². The van der Waals surface area contributed by atoms with Crippen LogP contribution in [0.25, 0.3) is 0 Å². The molecule has 122 valence electrons. The van der Waals surface area contributed by atoms with Gasteiger partial charge in [-0.05, 0) is 12.8 Å². The standard InChI is InChI=1S/C13H23N5O.2ClH/c14-9-13-15-12(16-19-13)10-17-5-7-18(8-6-17)11-3-1-2-4-11;;/h11H,1-10,14H2;2*1H. The summed E-state index contributed by atoms with van der Waals surface area (Å²) in [5.41, 5.74) is 5.47. The highest BCUT2D eigenvalue weighted by Gasteiger charge is 2.26. The van der Waals surface area contributed by atoms with E-state index in [1.807, 2.05) is 0 Å². The molecule has 2 aliphatic rings. The zero-order valence-corrected chi connectivity index (χ0v) is 13.9. The van der Waals surface area contributed by atoms with Gasteiger partial charge in [-0.15, -0.1) is 24.8 Å². The summed E-state index contributed by atoms with van der Waals surface area (Å²) in [5, 5.41) is 3.96. The van der Waals surface area contributed by atoms with Crippen LogP contribution in [0, 0.1) is 0 Å². The van der Waals surface area contributed by atoms with Crippen LogP contribution in [0.2, 0.25) is 0 Å². The van der Waals surface area contributed by atoms with Gasteiger partial charge in [0.1, 0.15) is 0 Å². The number of aromatic nitrogens is 2. The van der Waals surface area contributed by atoms with Gasteiger partial charge in [-0.25, -0.2) is 0 Å². The van der Waals surface area contributed by atoms with Gasteiger partial charge in [0.2, 0.25) is 5.89 Å². The summed E-state index contributed by atoms with van der Waals surface area (Å²) in [4.78, 5) is 9.32. The van der Waals surface area contributed by atoms with Crippen LogP contribution in [0.15, 0.2) is 4.52 Å². The van der Waals surface area contributed by atoms with E-state index in [4.69, 9.17) is 10.3 Å². The Hall–Kier alpha value is -0.400. The van der Waals surface area contributed by atoms with Crippen molar-refractivity contribution in [1.29, 1.82) is 0 Å². The second kappa shape index (κ2) is 8.90. The van der Waals surface area contributed by atoms with Gasteiger partial charge in [-0.1, -0.05) is 18.0 Å².